The number of carbonyl (C=O) groups is 1. The summed E-state index contributed by atoms with van der Waals surface area (Å²) in [4.78, 5) is 11.8. The Morgan fingerprint density at radius 1 is 1.22 bits per heavy atom. The molecular formula is C13H11FN2O2. The normalized spacial score (nSPS) is 10.1. The van der Waals surface area contributed by atoms with E-state index in [0.29, 0.717) is 11.4 Å². The first kappa shape index (κ1) is 11.9. The van der Waals surface area contributed by atoms with Gasteiger partial charge in [0.1, 0.15) is 11.6 Å². The van der Waals surface area contributed by atoms with Gasteiger partial charge in [-0.1, -0.05) is 6.07 Å². The number of carbonyl (C=O) groups excluding carboxylic acids is 1. The van der Waals surface area contributed by atoms with Crippen LogP contribution in [0.15, 0.2) is 42.5 Å². The van der Waals surface area contributed by atoms with Gasteiger partial charge in [-0.3, -0.25) is 4.79 Å². The van der Waals surface area contributed by atoms with E-state index in [1.54, 1.807) is 6.07 Å². The molecule has 18 heavy (non-hydrogen) atoms. The highest BCUT2D eigenvalue weighted by Gasteiger charge is 2.11. The van der Waals surface area contributed by atoms with Crippen molar-refractivity contribution in [3.05, 3.63) is 53.8 Å². The zero-order chi connectivity index (χ0) is 13.1. The number of halogens is 1. The summed E-state index contributed by atoms with van der Waals surface area (Å²) in [5, 5.41) is 12.0. The van der Waals surface area contributed by atoms with Gasteiger partial charge < -0.3 is 16.2 Å². The van der Waals surface area contributed by atoms with Crippen molar-refractivity contribution in [1.29, 1.82) is 0 Å². The largest absolute Gasteiger partial charge is 0.507 e. The first-order chi connectivity index (χ1) is 8.56. The Labute approximate surface area is 103 Å². The van der Waals surface area contributed by atoms with Crippen LogP contribution in [-0.2, 0) is 0 Å². The fourth-order valence-corrected chi connectivity index (χ4v) is 1.50. The minimum atomic E-state index is -0.551. The molecule has 0 aromatic heterocycles. The Morgan fingerprint density at radius 2 is 2.00 bits per heavy atom. The number of phenolic OH excluding ortho intramolecular Hbond substituents is 1. The summed E-state index contributed by atoms with van der Waals surface area (Å²) >= 11 is 0. The summed E-state index contributed by atoms with van der Waals surface area (Å²) in [6, 6.07) is 9.64. The lowest BCUT2D eigenvalue weighted by Gasteiger charge is -2.07. The Kier molecular flexibility index (Phi) is 3.14. The second-order valence-electron chi connectivity index (χ2n) is 3.74. The quantitative estimate of drug-likeness (QED) is 0.562. The molecule has 0 saturated heterocycles. The molecule has 2 rings (SSSR count). The number of aromatic hydroxyl groups is 1. The maximum absolute atomic E-state index is 12.9. The molecule has 0 saturated carbocycles. The smallest absolute Gasteiger partial charge is 0.259 e. The van der Waals surface area contributed by atoms with Crippen LogP contribution in [0.2, 0.25) is 0 Å². The molecule has 5 heteroatoms. The maximum Gasteiger partial charge on any atom is 0.259 e. The molecule has 2 aromatic carbocycles. The highest BCUT2D eigenvalue weighted by molar-refractivity contribution is 6.06. The Bertz CT molecular complexity index is 599. The lowest BCUT2D eigenvalue weighted by molar-refractivity contribution is 0.102. The summed E-state index contributed by atoms with van der Waals surface area (Å²) in [5.41, 5.74) is 6.24. The standard InChI is InChI=1S/C13H11FN2O2/c14-8-2-1-3-10(6-8)16-13(18)11-7-9(15)4-5-12(11)17/h1-7,17H,15H2,(H,16,18). The third-order valence-electron chi connectivity index (χ3n) is 2.35. The summed E-state index contributed by atoms with van der Waals surface area (Å²) in [5.74, 6) is -1.19. The van der Waals surface area contributed by atoms with Gasteiger partial charge in [0, 0.05) is 11.4 Å². The predicted octanol–water partition coefficient (Wildman–Crippen LogP) is 2.37. The monoisotopic (exact) mass is 246 g/mol. The first-order valence-corrected chi connectivity index (χ1v) is 5.21. The van der Waals surface area contributed by atoms with E-state index in [4.69, 9.17) is 5.73 Å². The van der Waals surface area contributed by atoms with E-state index in [1.165, 1.54) is 36.4 Å². The zero-order valence-electron chi connectivity index (χ0n) is 9.35. The summed E-state index contributed by atoms with van der Waals surface area (Å²) < 4.78 is 12.9. The van der Waals surface area contributed by atoms with Crippen LogP contribution in [0.4, 0.5) is 15.8 Å². The van der Waals surface area contributed by atoms with E-state index in [-0.39, 0.29) is 11.3 Å². The molecule has 0 aliphatic rings. The number of phenols is 1. The summed E-state index contributed by atoms with van der Waals surface area (Å²) in [6.07, 6.45) is 0. The minimum Gasteiger partial charge on any atom is -0.507 e. The summed E-state index contributed by atoms with van der Waals surface area (Å²) in [7, 11) is 0. The van der Waals surface area contributed by atoms with E-state index in [2.05, 4.69) is 5.32 Å². The number of nitrogens with one attached hydrogen (secondary N) is 1. The molecule has 4 N–H and O–H groups in total. The van der Waals surface area contributed by atoms with E-state index >= 15 is 0 Å². The van der Waals surface area contributed by atoms with E-state index in [0.717, 1.165) is 0 Å². The maximum atomic E-state index is 12.9. The average molecular weight is 246 g/mol. The first-order valence-electron chi connectivity index (χ1n) is 5.21. The molecule has 1 amide bonds. The van der Waals surface area contributed by atoms with Crippen molar-refractivity contribution in [2.75, 3.05) is 11.1 Å². The van der Waals surface area contributed by atoms with Gasteiger partial charge in [-0.05, 0) is 36.4 Å². The van der Waals surface area contributed by atoms with Crippen LogP contribution in [0.3, 0.4) is 0 Å². The molecule has 0 bridgehead atoms. The molecule has 0 atom stereocenters. The van der Waals surface area contributed by atoms with Gasteiger partial charge in [-0.15, -0.1) is 0 Å². The molecule has 2 aromatic rings. The number of nitrogen functional groups attached to an aromatic ring is 1. The van der Waals surface area contributed by atoms with E-state index in [9.17, 15) is 14.3 Å². The number of hydrogen-bond donors (Lipinski definition) is 3. The number of anilines is 2. The lowest BCUT2D eigenvalue weighted by atomic mass is 10.1. The fraction of sp³-hybridized carbons (Fsp3) is 0. The van der Waals surface area contributed by atoms with Gasteiger partial charge in [0.05, 0.1) is 5.56 Å². The predicted molar refractivity (Wildman–Crippen MR) is 66.9 cm³/mol. The number of benzene rings is 2. The van der Waals surface area contributed by atoms with Crippen molar-refractivity contribution in [2.24, 2.45) is 0 Å². The van der Waals surface area contributed by atoms with Crippen molar-refractivity contribution < 1.29 is 14.3 Å². The third kappa shape index (κ3) is 2.57. The van der Waals surface area contributed by atoms with Gasteiger partial charge in [0.15, 0.2) is 0 Å². The number of amides is 1. The third-order valence-corrected chi connectivity index (χ3v) is 2.35. The molecule has 0 fully saturated rings. The van der Waals surface area contributed by atoms with Crippen molar-refractivity contribution in [2.45, 2.75) is 0 Å². The van der Waals surface area contributed by atoms with Crippen LogP contribution in [0.5, 0.6) is 5.75 Å². The molecular weight excluding hydrogens is 235 g/mol. The van der Waals surface area contributed by atoms with Gasteiger partial charge >= 0.3 is 0 Å². The van der Waals surface area contributed by atoms with Crippen LogP contribution in [0.25, 0.3) is 0 Å². The second-order valence-corrected chi connectivity index (χ2v) is 3.74. The van der Waals surface area contributed by atoms with Crippen LogP contribution >= 0.6 is 0 Å². The van der Waals surface area contributed by atoms with Crippen molar-refractivity contribution in [1.82, 2.24) is 0 Å². The van der Waals surface area contributed by atoms with Gasteiger partial charge in [-0.25, -0.2) is 4.39 Å². The Hall–Kier alpha value is -2.56. The zero-order valence-corrected chi connectivity index (χ0v) is 9.35. The number of rotatable bonds is 2. The molecule has 0 aliphatic carbocycles. The molecule has 0 aliphatic heterocycles. The Morgan fingerprint density at radius 3 is 2.72 bits per heavy atom. The SMILES string of the molecule is Nc1ccc(O)c(C(=O)Nc2cccc(F)c2)c1. The highest BCUT2D eigenvalue weighted by Crippen LogP contribution is 2.21. The Balaban J connectivity index is 2.24. The average Bonchev–Trinajstić information content (AvgIpc) is 2.32. The van der Waals surface area contributed by atoms with Gasteiger partial charge in [-0.2, -0.15) is 0 Å². The van der Waals surface area contributed by atoms with Gasteiger partial charge in [0.25, 0.3) is 5.91 Å². The fourth-order valence-electron chi connectivity index (χ4n) is 1.50. The van der Waals surface area contributed by atoms with Crippen LogP contribution in [-0.4, -0.2) is 11.0 Å². The number of hydrogen-bond acceptors (Lipinski definition) is 3. The molecule has 0 heterocycles. The molecule has 4 nitrogen and oxygen atoms in total. The van der Waals surface area contributed by atoms with Crippen LogP contribution in [0, 0.1) is 5.82 Å². The lowest BCUT2D eigenvalue weighted by Crippen LogP contribution is -2.12. The minimum absolute atomic E-state index is 0.0410. The topological polar surface area (TPSA) is 75.3 Å². The van der Waals surface area contributed by atoms with E-state index in [1.807, 2.05) is 0 Å². The van der Waals surface area contributed by atoms with Crippen LogP contribution < -0.4 is 11.1 Å². The van der Waals surface area contributed by atoms with Gasteiger partial charge in [0.2, 0.25) is 0 Å². The van der Waals surface area contributed by atoms with Crippen molar-refractivity contribution in [3.63, 3.8) is 0 Å². The van der Waals surface area contributed by atoms with Crippen molar-refractivity contribution in [3.8, 4) is 5.75 Å². The van der Waals surface area contributed by atoms with E-state index < -0.39 is 11.7 Å². The molecule has 92 valence electrons. The highest BCUT2D eigenvalue weighted by atomic mass is 19.1. The van der Waals surface area contributed by atoms with Crippen molar-refractivity contribution >= 4 is 17.3 Å². The van der Waals surface area contributed by atoms with Crippen LogP contribution in [0.1, 0.15) is 10.4 Å². The molecule has 0 spiro atoms. The summed E-state index contributed by atoms with van der Waals surface area (Å²) in [6.45, 7) is 0. The second kappa shape index (κ2) is 4.75. The molecule has 0 radical (unpaired) electrons. The molecule has 0 unspecified atom stereocenters. The number of nitrogens with two attached hydrogens (primary N) is 1.